The molecule has 26 heavy (non-hydrogen) atoms. The Morgan fingerprint density at radius 3 is 2.54 bits per heavy atom. The fourth-order valence-electron chi connectivity index (χ4n) is 4.22. The second-order valence-electron chi connectivity index (χ2n) is 8.13. The average Bonchev–Trinajstić information content (AvgIpc) is 2.52. The lowest BCUT2D eigenvalue weighted by Crippen LogP contribution is -2.69. The van der Waals surface area contributed by atoms with Crippen molar-refractivity contribution in [1.29, 1.82) is 0 Å². The van der Waals surface area contributed by atoms with Crippen molar-refractivity contribution < 1.29 is 14.6 Å². The van der Waals surface area contributed by atoms with Crippen LogP contribution >= 0.6 is 0 Å². The summed E-state index contributed by atoms with van der Waals surface area (Å²) in [5.41, 5.74) is 2.23. The van der Waals surface area contributed by atoms with Gasteiger partial charge in [-0.15, -0.1) is 0 Å². The minimum Gasteiger partial charge on any atom is -0.508 e. The van der Waals surface area contributed by atoms with E-state index in [2.05, 4.69) is 41.8 Å². The summed E-state index contributed by atoms with van der Waals surface area (Å²) in [6.07, 6.45) is 1.27. The number of amides is 2. The molecule has 2 aliphatic rings. The van der Waals surface area contributed by atoms with Gasteiger partial charge in [-0.05, 0) is 32.4 Å². The van der Waals surface area contributed by atoms with Crippen molar-refractivity contribution in [3.63, 3.8) is 0 Å². The van der Waals surface area contributed by atoms with E-state index in [-0.39, 0.29) is 23.2 Å². The fraction of sp³-hybridized carbons (Fsp3) is 0.381. The number of aromatic hydroxyl groups is 1. The Balaban J connectivity index is 1.81. The first kappa shape index (κ1) is 16.8. The van der Waals surface area contributed by atoms with Gasteiger partial charge in [-0.25, -0.2) is 4.79 Å². The molecule has 2 aliphatic heterocycles. The van der Waals surface area contributed by atoms with Crippen molar-refractivity contribution in [3.8, 4) is 11.5 Å². The highest BCUT2D eigenvalue weighted by Crippen LogP contribution is 2.47. The normalized spacial score (nSPS) is 26.4. The molecule has 1 spiro atoms. The van der Waals surface area contributed by atoms with E-state index >= 15 is 0 Å². The van der Waals surface area contributed by atoms with Gasteiger partial charge in [0.05, 0.1) is 0 Å². The van der Waals surface area contributed by atoms with Gasteiger partial charge in [0.2, 0.25) is 0 Å². The molecule has 0 aliphatic carbocycles. The van der Waals surface area contributed by atoms with Gasteiger partial charge in [-0.1, -0.05) is 35.9 Å². The molecule has 2 aromatic rings. The number of rotatable bonds is 1. The van der Waals surface area contributed by atoms with Gasteiger partial charge in [0.1, 0.15) is 11.5 Å². The second kappa shape index (κ2) is 5.66. The maximum atomic E-state index is 12.3. The van der Waals surface area contributed by atoms with Crippen LogP contribution in [0.25, 0.3) is 0 Å². The number of nitrogens with one attached hydrogen (secondary N) is 2. The molecule has 0 bridgehead atoms. The van der Waals surface area contributed by atoms with Gasteiger partial charge in [-0.2, -0.15) is 0 Å². The molecule has 3 N–H and O–H groups in total. The van der Waals surface area contributed by atoms with E-state index in [0.29, 0.717) is 18.6 Å². The topological polar surface area (TPSA) is 70.6 Å². The molecule has 2 atom stereocenters. The van der Waals surface area contributed by atoms with Crippen LogP contribution in [0.15, 0.2) is 42.5 Å². The summed E-state index contributed by atoms with van der Waals surface area (Å²) in [5.74, 6) is 0.858. The highest BCUT2D eigenvalue weighted by Gasteiger charge is 2.49. The number of hydrogen-bond donors (Lipinski definition) is 3. The molecule has 5 nitrogen and oxygen atoms in total. The van der Waals surface area contributed by atoms with E-state index < -0.39 is 5.72 Å². The standard InChI is InChI=1S/C21H24N2O3/c1-13-4-6-14(7-5-13)17-11-21(12-20(2,3)22-19(25)23-21)26-18-10-15(24)8-9-16(17)18/h4-10,17,24H,11-12H2,1-3H3,(H2,22,23,25)/t17-,21+/m1/s1. The van der Waals surface area contributed by atoms with E-state index in [9.17, 15) is 9.90 Å². The van der Waals surface area contributed by atoms with Crippen molar-refractivity contribution in [2.75, 3.05) is 0 Å². The van der Waals surface area contributed by atoms with Crippen LogP contribution in [-0.4, -0.2) is 22.4 Å². The molecule has 1 fully saturated rings. The molecule has 2 amide bonds. The zero-order valence-corrected chi connectivity index (χ0v) is 15.3. The zero-order chi connectivity index (χ0) is 18.5. The van der Waals surface area contributed by atoms with Crippen LogP contribution < -0.4 is 15.4 Å². The number of fused-ring (bicyclic) bond motifs is 1. The molecule has 0 unspecified atom stereocenters. The minimum atomic E-state index is -0.803. The average molecular weight is 352 g/mol. The number of phenols is 1. The van der Waals surface area contributed by atoms with Crippen LogP contribution in [0, 0.1) is 6.92 Å². The van der Waals surface area contributed by atoms with E-state index in [1.165, 1.54) is 11.1 Å². The molecule has 136 valence electrons. The van der Waals surface area contributed by atoms with Gasteiger partial charge in [0.25, 0.3) is 0 Å². The third-order valence-corrected chi connectivity index (χ3v) is 5.21. The van der Waals surface area contributed by atoms with Gasteiger partial charge in [-0.3, -0.25) is 0 Å². The summed E-state index contributed by atoms with van der Waals surface area (Å²) < 4.78 is 6.29. The molecule has 0 aromatic heterocycles. The Labute approximate surface area is 153 Å². The number of aryl methyl sites for hydroxylation is 1. The van der Waals surface area contributed by atoms with Gasteiger partial charge in [0, 0.05) is 35.9 Å². The van der Waals surface area contributed by atoms with Crippen LogP contribution in [0.2, 0.25) is 0 Å². The Morgan fingerprint density at radius 2 is 1.85 bits per heavy atom. The van der Waals surface area contributed by atoms with E-state index in [1.807, 2.05) is 19.9 Å². The summed E-state index contributed by atoms with van der Waals surface area (Å²) in [5, 5.41) is 15.9. The van der Waals surface area contributed by atoms with Crippen LogP contribution in [0.4, 0.5) is 4.79 Å². The third kappa shape index (κ3) is 2.98. The molecule has 0 radical (unpaired) electrons. The predicted octanol–water partition coefficient (Wildman–Crippen LogP) is 3.79. The Kier molecular flexibility index (Phi) is 3.65. The molecule has 1 saturated heterocycles. The maximum Gasteiger partial charge on any atom is 0.318 e. The Hall–Kier alpha value is -2.69. The SMILES string of the molecule is Cc1ccc([C@H]2C[C@@]3(CC(C)(C)NC(=O)N3)Oc3cc(O)ccc32)cc1. The first-order valence-corrected chi connectivity index (χ1v) is 8.94. The third-order valence-electron chi connectivity index (χ3n) is 5.21. The number of benzene rings is 2. The molecule has 2 heterocycles. The summed E-state index contributed by atoms with van der Waals surface area (Å²) in [6, 6.07) is 13.5. The van der Waals surface area contributed by atoms with E-state index in [0.717, 1.165) is 5.56 Å². The number of carbonyl (C=O) groups excluding carboxylic acids is 1. The van der Waals surface area contributed by atoms with Crippen LogP contribution in [0.5, 0.6) is 11.5 Å². The molecule has 4 rings (SSSR count). The van der Waals surface area contributed by atoms with E-state index in [1.54, 1.807) is 12.1 Å². The smallest absolute Gasteiger partial charge is 0.318 e. The van der Waals surface area contributed by atoms with Crippen LogP contribution in [0.3, 0.4) is 0 Å². The maximum absolute atomic E-state index is 12.3. The minimum absolute atomic E-state index is 0.0779. The number of phenolic OH excluding ortho intramolecular Hbond substituents is 1. The lowest BCUT2D eigenvalue weighted by Gasteiger charge is -2.49. The van der Waals surface area contributed by atoms with Crippen molar-refractivity contribution in [2.24, 2.45) is 0 Å². The second-order valence-corrected chi connectivity index (χ2v) is 8.13. The van der Waals surface area contributed by atoms with Crippen molar-refractivity contribution >= 4 is 6.03 Å². The first-order chi connectivity index (χ1) is 12.3. The fourth-order valence-corrected chi connectivity index (χ4v) is 4.22. The largest absolute Gasteiger partial charge is 0.508 e. The van der Waals surface area contributed by atoms with Crippen molar-refractivity contribution in [1.82, 2.24) is 10.6 Å². The Morgan fingerprint density at radius 1 is 1.12 bits per heavy atom. The summed E-state index contributed by atoms with van der Waals surface area (Å²) in [6.45, 7) is 6.06. The highest BCUT2D eigenvalue weighted by atomic mass is 16.5. The van der Waals surface area contributed by atoms with Gasteiger partial charge < -0.3 is 20.5 Å². The first-order valence-electron chi connectivity index (χ1n) is 8.94. The lowest BCUT2D eigenvalue weighted by atomic mass is 9.77. The molecule has 2 aromatic carbocycles. The summed E-state index contributed by atoms with van der Waals surface area (Å²) >= 11 is 0. The van der Waals surface area contributed by atoms with Crippen molar-refractivity contribution in [3.05, 3.63) is 59.2 Å². The quantitative estimate of drug-likeness (QED) is 0.731. The number of hydrogen-bond acceptors (Lipinski definition) is 3. The van der Waals surface area contributed by atoms with Crippen molar-refractivity contribution in [2.45, 2.75) is 50.8 Å². The highest BCUT2D eigenvalue weighted by molar-refractivity contribution is 5.77. The molecule has 0 saturated carbocycles. The molecular formula is C21H24N2O3. The molecular weight excluding hydrogens is 328 g/mol. The zero-order valence-electron chi connectivity index (χ0n) is 15.3. The predicted molar refractivity (Wildman–Crippen MR) is 99.5 cm³/mol. The summed E-state index contributed by atoms with van der Waals surface area (Å²) in [7, 11) is 0. The number of ether oxygens (including phenoxy) is 1. The number of carbonyl (C=O) groups is 1. The van der Waals surface area contributed by atoms with E-state index in [4.69, 9.17) is 4.74 Å². The Bertz CT molecular complexity index is 860. The van der Waals surface area contributed by atoms with Gasteiger partial charge in [0.15, 0.2) is 5.72 Å². The van der Waals surface area contributed by atoms with Crippen LogP contribution in [-0.2, 0) is 0 Å². The number of urea groups is 1. The summed E-state index contributed by atoms with van der Waals surface area (Å²) in [4.78, 5) is 12.3. The monoisotopic (exact) mass is 352 g/mol. The molecule has 5 heteroatoms. The van der Waals surface area contributed by atoms with Gasteiger partial charge >= 0.3 is 6.03 Å². The lowest BCUT2D eigenvalue weighted by molar-refractivity contribution is -0.0236. The van der Waals surface area contributed by atoms with Crippen LogP contribution in [0.1, 0.15) is 49.3 Å².